The molecule has 108 valence electrons. The van der Waals surface area contributed by atoms with Gasteiger partial charge in [0.05, 0.1) is 17.7 Å². The maximum absolute atomic E-state index is 11.7. The summed E-state index contributed by atoms with van der Waals surface area (Å²) in [6.45, 7) is 7.63. The summed E-state index contributed by atoms with van der Waals surface area (Å²) in [5.41, 5.74) is -0.864. The average Bonchev–Trinajstić information content (AvgIpc) is 2.09. The van der Waals surface area contributed by atoms with Gasteiger partial charge >= 0.3 is 12.2 Å². The van der Waals surface area contributed by atoms with Crippen molar-refractivity contribution in [3.05, 3.63) is 0 Å². The van der Waals surface area contributed by atoms with Crippen molar-refractivity contribution in [3.8, 4) is 0 Å². The second-order valence-corrected chi connectivity index (χ2v) is 6.56. The van der Waals surface area contributed by atoms with E-state index < -0.39 is 11.7 Å². The van der Waals surface area contributed by atoms with Crippen LogP contribution in [0.2, 0.25) is 0 Å². The van der Waals surface area contributed by atoms with Gasteiger partial charge in [-0.05, 0) is 47.0 Å². The van der Waals surface area contributed by atoms with Crippen molar-refractivity contribution in [2.45, 2.75) is 63.6 Å². The lowest BCUT2D eigenvalue weighted by Crippen LogP contribution is -2.83. The second kappa shape index (κ2) is 4.28. The third kappa shape index (κ3) is 2.93. The lowest BCUT2D eigenvalue weighted by molar-refractivity contribution is -0.0994. The molecular formula is C13H22N2O4. The monoisotopic (exact) mass is 270 g/mol. The Morgan fingerprint density at radius 2 is 1.53 bits per heavy atom. The summed E-state index contributed by atoms with van der Waals surface area (Å²) in [5, 5.41) is 5.74. The van der Waals surface area contributed by atoms with Gasteiger partial charge in [-0.15, -0.1) is 0 Å². The zero-order valence-electron chi connectivity index (χ0n) is 12.0. The van der Waals surface area contributed by atoms with Crippen LogP contribution in [0.5, 0.6) is 0 Å². The minimum Gasteiger partial charge on any atom is -0.450 e. The molecule has 0 atom stereocenters. The van der Waals surface area contributed by atoms with Gasteiger partial charge in [0.25, 0.3) is 0 Å². The van der Waals surface area contributed by atoms with Crippen molar-refractivity contribution < 1.29 is 19.1 Å². The summed E-state index contributed by atoms with van der Waals surface area (Å²) >= 11 is 0. The number of ether oxygens (including phenoxy) is 2. The number of rotatable bonds is 3. The number of nitrogens with one attached hydrogen (secondary N) is 2. The lowest BCUT2D eigenvalue weighted by atomic mass is 9.44. The molecule has 0 saturated heterocycles. The van der Waals surface area contributed by atoms with Crippen molar-refractivity contribution in [1.29, 1.82) is 0 Å². The first-order valence-corrected chi connectivity index (χ1v) is 6.64. The first-order valence-electron chi connectivity index (χ1n) is 6.64. The van der Waals surface area contributed by atoms with Crippen LogP contribution in [0.25, 0.3) is 0 Å². The molecule has 0 aliphatic heterocycles. The maximum atomic E-state index is 11.7. The van der Waals surface area contributed by atoms with Crippen LogP contribution in [0.1, 0.15) is 47.0 Å². The number of carbonyl (C=O) groups excluding carboxylic acids is 2. The quantitative estimate of drug-likeness (QED) is 0.821. The lowest BCUT2D eigenvalue weighted by Gasteiger charge is -2.69. The van der Waals surface area contributed by atoms with E-state index in [9.17, 15) is 9.59 Å². The fourth-order valence-corrected chi connectivity index (χ4v) is 2.96. The Balaban J connectivity index is 1.74. The Kier molecular flexibility index (Phi) is 3.15. The van der Waals surface area contributed by atoms with E-state index in [0.29, 0.717) is 6.61 Å². The van der Waals surface area contributed by atoms with Gasteiger partial charge in [0.2, 0.25) is 0 Å². The summed E-state index contributed by atoms with van der Waals surface area (Å²) in [6.07, 6.45) is 1.47. The molecule has 0 aromatic rings. The summed E-state index contributed by atoms with van der Waals surface area (Å²) in [5.74, 6) is 0. The van der Waals surface area contributed by atoms with Crippen LogP contribution in [0.4, 0.5) is 9.59 Å². The fourth-order valence-electron chi connectivity index (χ4n) is 2.96. The van der Waals surface area contributed by atoms with Gasteiger partial charge in [0, 0.05) is 0 Å². The summed E-state index contributed by atoms with van der Waals surface area (Å²) in [4.78, 5) is 23.0. The number of amides is 2. The van der Waals surface area contributed by atoms with Gasteiger partial charge in [-0.1, -0.05) is 0 Å². The molecule has 3 aliphatic rings. The Morgan fingerprint density at radius 3 is 1.95 bits per heavy atom. The largest absolute Gasteiger partial charge is 0.450 e. The number of alkyl carbamates (subject to hydrolysis) is 2. The van der Waals surface area contributed by atoms with Crippen LogP contribution in [-0.2, 0) is 9.47 Å². The molecule has 3 aliphatic carbocycles. The van der Waals surface area contributed by atoms with E-state index in [1.165, 1.54) is 0 Å². The molecule has 0 heterocycles. The Morgan fingerprint density at radius 1 is 1.05 bits per heavy atom. The molecule has 19 heavy (non-hydrogen) atoms. The van der Waals surface area contributed by atoms with Crippen molar-refractivity contribution >= 4 is 12.2 Å². The Bertz CT molecular complexity index is 380. The topological polar surface area (TPSA) is 76.7 Å². The Labute approximate surface area is 113 Å². The predicted octanol–water partition coefficient (Wildman–Crippen LogP) is 1.93. The molecule has 2 bridgehead atoms. The molecule has 0 unspecified atom stereocenters. The molecule has 6 nitrogen and oxygen atoms in total. The molecule has 0 spiro atoms. The highest BCUT2D eigenvalue weighted by Gasteiger charge is 2.69. The van der Waals surface area contributed by atoms with E-state index in [1.54, 1.807) is 6.92 Å². The third-order valence-corrected chi connectivity index (χ3v) is 3.44. The average molecular weight is 270 g/mol. The molecule has 2 amide bonds. The minimum absolute atomic E-state index is 0.179. The fraction of sp³-hybridized carbons (Fsp3) is 0.846. The molecule has 3 saturated carbocycles. The number of carbonyl (C=O) groups is 2. The summed E-state index contributed by atoms with van der Waals surface area (Å²) < 4.78 is 10.1. The van der Waals surface area contributed by atoms with E-state index in [-0.39, 0.29) is 17.2 Å². The van der Waals surface area contributed by atoms with E-state index in [4.69, 9.17) is 9.47 Å². The van der Waals surface area contributed by atoms with E-state index in [2.05, 4.69) is 10.6 Å². The van der Waals surface area contributed by atoms with Gasteiger partial charge in [0.15, 0.2) is 0 Å². The van der Waals surface area contributed by atoms with Crippen LogP contribution in [-0.4, -0.2) is 35.5 Å². The second-order valence-electron chi connectivity index (χ2n) is 6.56. The smallest absolute Gasteiger partial charge is 0.408 e. The third-order valence-electron chi connectivity index (χ3n) is 3.44. The van der Waals surface area contributed by atoms with Crippen LogP contribution >= 0.6 is 0 Å². The van der Waals surface area contributed by atoms with E-state index in [0.717, 1.165) is 19.3 Å². The van der Waals surface area contributed by atoms with Gasteiger partial charge < -0.3 is 20.1 Å². The molecule has 0 radical (unpaired) electrons. The molecular weight excluding hydrogens is 248 g/mol. The highest BCUT2D eigenvalue weighted by Crippen LogP contribution is 2.60. The van der Waals surface area contributed by atoms with Crippen LogP contribution in [0.15, 0.2) is 0 Å². The zero-order chi connectivity index (χ0) is 14.3. The first kappa shape index (κ1) is 14.0. The standard InChI is InChI=1S/C13H22N2O4/c1-5-18-9(16)14-12-6-13(7-12,8-12)15-10(17)19-11(2,3)4/h5-8H2,1-4H3,(H,14,16)(H,15,17). The van der Waals surface area contributed by atoms with Gasteiger partial charge in [-0.25, -0.2) is 9.59 Å². The van der Waals surface area contributed by atoms with Crippen LogP contribution < -0.4 is 10.6 Å². The highest BCUT2D eigenvalue weighted by molar-refractivity contribution is 5.72. The molecule has 3 rings (SSSR count). The van der Waals surface area contributed by atoms with E-state index >= 15 is 0 Å². The summed E-state index contributed by atoms with van der Waals surface area (Å²) in [6, 6.07) is 0. The predicted molar refractivity (Wildman–Crippen MR) is 68.8 cm³/mol. The van der Waals surface area contributed by atoms with Gasteiger partial charge in [0.1, 0.15) is 5.60 Å². The summed E-state index contributed by atoms with van der Waals surface area (Å²) in [7, 11) is 0. The van der Waals surface area contributed by atoms with Gasteiger partial charge in [-0.3, -0.25) is 0 Å². The molecule has 3 fully saturated rings. The van der Waals surface area contributed by atoms with Gasteiger partial charge in [-0.2, -0.15) is 0 Å². The SMILES string of the molecule is CCOC(=O)NC12CC(NC(=O)OC(C)(C)C)(C1)C2. The Hall–Kier alpha value is -1.46. The van der Waals surface area contributed by atoms with Crippen molar-refractivity contribution in [3.63, 3.8) is 0 Å². The van der Waals surface area contributed by atoms with Crippen molar-refractivity contribution in [2.24, 2.45) is 0 Å². The minimum atomic E-state index is -0.492. The zero-order valence-corrected chi connectivity index (χ0v) is 12.0. The van der Waals surface area contributed by atoms with Crippen LogP contribution in [0, 0.1) is 0 Å². The number of hydrogen-bond acceptors (Lipinski definition) is 4. The van der Waals surface area contributed by atoms with Crippen molar-refractivity contribution in [2.75, 3.05) is 6.61 Å². The number of hydrogen-bond donors (Lipinski definition) is 2. The molecule has 0 aromatic heterocycles. The first-order chi connectivity index (χ1) is 8.68. The molecule has 0 aromatic carbocycles. The van der Waals surface area contributed by atoms with Crippen molar-refractivity contribution in [1.82, 2.24) is 10.6 Å². The van der Waals surface area contributed by atoms with Crippen LogP contribution in [0.3, 0.4) is 0 Å². The molecule has 6 heteroatoms. The maximum Gasteiger partial charge on any atom is 0.408 e. The normalized spacial score (nSPS) is 31.6. The molecule has 2 N–H and O–H groups in total. The highest BCUT2D eigenvalue weighted by atomic mass is 16.6. The van der Waals surface area contributed by atoms with E-state index in [1.807, 2.05) is 20.8 Å².